The topological polar surface area (TPSA) is 101 Å². The summed E-state index contributed by atoms with van der Waals surface area (Å²) in [6.07, 6.45) is 3.28. The van der Waals surface area contributed by atoms with Crippen molar-refractivity contribution in [2.45, 2.75) is 23.5 Å². The standard InChI is InChI=1S/C6H10N4O2S/c7-4-1-5(4)10-13(11,12)6-2-8-3-9-6/h2-5,10H,1,7H2,(H,8,9). The predicted octanol–water partition coefficient (Wildman–Crippen LogP) is -1.21. The zero-order valence-corrected chi connectivity index (χ0v) is 7.58. The molecule has 2 unspecified atom stereocenters. The van der Waals surface area contributed by atoms with Gasteiger partial charge < -0.3 is 10.7 Å². The highest BCUT2D eigenvalue weighted by molar-refractivity contribution is 7.89. The highest BCUT2D eigenvalue weighted by atomic mass is 32.2. The van der Waals surface area contributed by atoms with Gasteiger partial charge in [-0.2, -0.15) is 0 Å². The highest BCUT2D eigenvalue weighted by Gasteiger charge is 2.37. The van der Waals surface area contributed by atoms with Crippen molar-refractivity contribution in [1.29, 1.82) is 0 Å². The van der Waals surface area contributed by atoms with Crippen molar-refractivity contribution in [3.05, 3.63) is 12.5 Å². The number of nitrogens with two attached hydrogens (primary N) is 1. The summed E-state index contributed by atoms with van der Waals surface area (Å²) in [6.45, 7) is 0. The second kappa shape index (κ2) is 2.79. The summed E-state index contributed by atoms with van der Waals surface area (Å²) in [7, 11) is -3.43. The fraction of sp³-hybridized carbons (Fsp3) is 0.500. The molecule has 0 saturated heterocycles. The van der Waals surface area contributed by atoms with E-state index in [1.807, 2.05) is 0 Å². The Morgan fingerprint density at radius 2 is 2.38 bits per heavy atom. The number of sulfonamides is 1. The molecular weight excluding hydrogens is 192 g/mol. The van der Waals surface area contributed by atoms with Crippen LogP contribution in [0.4, 0.5) is 0 Å². The van der Waals surface area contributed by atoms with Crippen molar-refractivity contribution in [2.75, 3.05) is 0 Å². The predicted molar refractivity (Wildman–Crippen MR) is 45.3 cm³/mol. The number of rotatable bonds is 3. The molecule has 13 heavy (non-hydrogen) atoms. The fourth-order valence-electron chi connectivity index (χ4n) is 1.00. The molecule has 0 aromatic carbocycles. The van der Waals surface area contributed by atoms with Gasteiger partial charge in [0.1, 0.15) is 0 Å². The maximum Gasteiger partial charge on any atom is 0.257 e. The highest BCUT2D eigenvalue weighted by Crippen LogP contribution is 2.20. The van der Waals surface area contributed by atoms with Crippen LogP contribution in [0.1, 0.15) is 6.42 Å². The van der Waals surface area contributed by atoms with Gasteiger partial charge in [0.25, 0.3) is 10.0 Å². The van der Waals surface area contributed by atoms with Crippen LogP contribution < -0.4 is 10.5 Å². The first kappa shape index (κ1) is 8.67. The lowest BCUT2D eigenvalue weighted by Crippen LogP contribution is -2.29. The molecule has 1 aromatic heterocycles. The summed E-state index contributed by atoms with van der Waals surface area (Å²) in [5.41, 5.74) is 5.47. The van der Waals surface area contributed by atoms with Gasteiger partial charge in [0.05, 0.1) is 12.5 Å². The van der Waals surface area contributed by atoms with E-state index in [1.54, 1.807) is 0 Å². The summed E-state index contributed by atoms with van der Waals surface area (Å²) in [5.74, 6) is 0. The van der Waals surface area contributed by atoms with Crippen molar-refractivity contribution in [2.24, 2.45) is 5.73 Å². The van der Waals surface area contributed by atoms with Crippen molar-refractivity contribution in [3.8, 4) is 0 Å². The molecule has 7 heteroatoms. The molecule has 0 amide bonds. The Balaban J connectivity index is 2.13. The Morgan fingerprint density at radius 1 is 1.69 bits per heavy atom. The molecule has 4 N–H and O–H groups in total. The van der Waals surface area contributed by atoms with E-state index in [4.69, 9.17) is 5.73 Å². The van der Waals surface area contributed by atoms with E-state index in [2.05, 4.69) is 14.7 Å². The molecule has 0 aliphatic heterocycles. The summed E-state index contributed by atoms with van der Waals surface area (Å²) in [6, 6.07) is -0.161. The number of nitrogens with zero attached hydrogens (tertiary/aromatic N) is 1. The minimum atomic E-state index is -3.43. The van der Waals surface area contributed by atoms with E-state index in [0.29, 0.717) is 6.42 Å². The number of nitrogens with one attached hydrogen (secondary N) is 2. The summed E-state index contributed by atoms with van der Waals surface area (Å²) >= 11 is 0. The lowest BCUT2D eigenvalue weighted by molar-refractivity contribution is 0.576. The van der Waals surface area contributed by atoms with Crippen molar-refractivity contribution in [3.63, 3.8) is 0 Å². The molecule has 0 radical (unpaired) electrons. The Bertz CT molecular complexity index is 385. The smallest absolute Gasteiger partial charge is 0.257 e. The molecule has 0 spiro atoms. The molecule has 1 aromatic rings. The van der Waals surface area contributed by atoms with Gasteiger partial charge in [-0.3, -0.25) is 0 Å². The lowest BCUT2D eigenvalue weighted by atomic mass is 10.7. The summed E-state index contributed by atoms with van der Waals surface area (Å²) in [5, 5.41) is 0.0756. The van der Waals surface area contributed by atoms with E-state index >= 15 is 0 Å². The number of imidazole rings is 1. The first-order chi connectivity index (χ1) is 6.09. The van der Waals surface area contributed by atoms with Crippen LogP contribution in [0.2, 0.25) is 0 Å². The van der Waals surface area contributed by atoms with Crippen LogP contribution in [0.3, 0.4) is 0 Å². The SMILES string of the molecule is NC1CC1NS(=O)(=O)c1cnc[nH]1. The zero-order chi connectivity index (χ0) is 9.47. The maximum absolute atomic E-state index is 11.5. The molecule has 2 rings (SSSR count). The number of aromatic nitrogens is 2. The Labute approximate surface area is 75.6 Å². The van der Waals surface area contributed by atoms with Gasteiger partial charge in [-0.1, -0.05) is 0 Å². The first-order valence-corrected chi connectivity index (χ1v) is 5.34. The maximum atomic E-state index is 11.5. The minimum Gasteiger partial charge on any atom is -0.335 e. The average Bonchev–Trinajstić information content (AvgIpc) is 2.56. The van der Waals surface area contributed by atoms with Gasteiger partial charge in [-0.15, -0.1) is 0 Å². The Kier molecular flexibility index (Phi) is 1.86. The first-order valence-electron chi connectivity index (χ1n) is 3.86. The van der Waals surface area contributed by atoms with Gasteiger partial charge >= 0.3 is 0 Å². The van der Waals surface area contributed by atoms with E-state index in [0.717, 1.165) is 0 Å². The quantitative estimate of drug-likeness (QED) is 0.572. The van der Waals surface area contributed by atoms with Crippen LogP contribution >= 0.6 is 0 Å². The molecule has 6 nitrogen and oxygen atoms in total. The molecule has 1 aliphatic rings. The van der Waals surface area contributed by atoms with Gasteiger partial charge in [0.2, 0.25) is 0 Å². The molecule has 0 bridgehead atoms. The van der Waals surface area contributed by atoms with Crippen LogP contribution in [0.5, 0.6) is 0 Å². The molecule has 1 aliphatic carbocycles. The van der Waals surface area contributed by atoms with Gasteiger partial charge in [-0.05, 0) is 6.42 Å². The summed E-state index contributed by atoms with van der Waals surface area (Å²) < 4.78 is 25.4. The molecular formula is C6H10N4O2S. The number of hydrogen-bond acceptors (Lipinski definition) is 4. The van der Waals surface area contributed by atoms with Crippen LogP contribution in [0.15, 0.2) is 17.6 Å². The van der Waals surface area contributed by atoms with Crippen molar-refractivity contribution < 1.29 is 8.42 Å². The monoisotopic (exact) mass is 202 g/mol. The summed E-state index contributed by atoms with van der Waals surface area (Å²) in [4.78, 5) is 6.15. The molecule has 1 saturated carbocycles. The van der Waals surface area contributed by atoms with Crippen LogP contribution in [0, 0.1) is 0 Å². The van der Waals surface area contributed by atoms with Crippen molar-refractivity contribution >= 4 is 10.0 Å². The molecule has 2 atom stereocenters. The van der Waals surface area contributed by atoms with Crippen LogP contribution in [-0.4, -0.2) is 30.5 Å². The third-order valence-corrected chi connectivity index (χ3v) is 3.32. The van der Waals surface area contributed by atoms with Gasteiger partial charge in [0, 0.05) is 12.1 Å². The molecule has 1 heterocycles. The normalized spacial score (nSPS) is 27.5. The average molecular weight is 202 g/mol. The number of aromatic amines is 1. The third kappa shape index (κ3) is 1.71. The lowest BCUT2D eigenvalue weighted by Gasteiger charge is -2.01. The zero-order valence-electron chi connectivity index (χ0n) is 6.77. The fourth-order valence-corrected chi connectivity index (χ4v) is 2.21. The van der Waals surface area contributed by atoms with Gasteiger partial charge in [0.15, 0.2) is 5.03 Å². The van der Waals surface area contributed by atoms with E-state index in [9.17, 15) is 8.42 Å². The van der Waals surface area contributed by atoms with E-state index in [-0.39, 0.29) is 17.1 Å². The van der Waals surface area contributed by atoms with Crippen LogP contribution in [-0.2, 0) is 10.0 Å². The van der Waals surface area contributed by atoms with E-state index < -0.39 is 10.0 Å². The van der Waals surface area contributed by atoms with Crippen LogP contribution in [0.25, 0.3) is 0 Å². The molecule has 72 valence electrons. The third-order valence-electron chi connectivity index (χ3n) is 1.91. The minimum absolute atomic E-state index is 0.0438. The van der Waals surface area contributed by atoms with E-state index in [1.165, 1.54) is 12.5 Å². The number of H-pyrrole nitrogens is 1. The Hall–Kier alpha value is -0.920. The largest absolute Gasteiger partial charge is 0.335 e. The van der Waals surface area contributed by atoms with Gasteiger partial charge in [-0.25, -0.2) is 18.1 Å². The Morgan fingerprint density at radius 3 is 2.85 bits per heavy atom. The molecule has 1 fully saturated rings. The number of hydrogen-bond donors (Lipinski definition) is 3. The second-order valence-electron chi connectivity index (χ2n) is 3.04. The van der Waals surface area contributed by atoms with Crippen molar-refractivity contribution in [1.82, 2.24) is 14.7 Å². The second-order valence-corrected chi connectivity index (χ2v) is 4.73.